The van der Waals surface area contributed by atoms with Crippen LogP contribution in [0, 0.1) is 0 Å². The van der Waals surface area contributed by atoms with Gasteiger partial charge >= 0.3 is 6.03 Å². The van der Waals surface area contributed by atoms with Crippen LogP contribution in [0.25, 0.3) is 16.9 Å². The highest BCUT2D eigenvalue weighted by Crippen LogP contribution is 2.30. The molecule has 0 unspecified atom stereocenters. The van der Waals surface area contributed by atoms with Gasteiger partial charge in [0.15, 0.2) is 5.82 Å². The van der Waals surface area contributed by atoms with Crippen LogP contribution in [0.2, 0.25) is 0 Å². The fraction of sp³-hybridized carbons (Fsp3) is 0.586. The van der Waals surface area contributed by atoms with Crippen LogP contribution < -0.4 is 20.9 Å². The van der Waals surface area contributed by atoms with E-state index < -0.39 is 6.43 Å². The molecule has 4 heterocycles. The van der Waals surface area contributed by atoms with E-state index in [1.807, 2.05) is 0 Å². The minimum Gasteiger partial charge on any atom is -0.379 e. The van der Waals surface area contributed by atoms with Crippen molar-refractivity contribution in [2.24, 2.45) is 0 Å². The zero-order chi connectivity index (χ0) is 29.6. The minimum atomic E-state index is -2.77. The normalized spacial score (nSPS) is 21.7. The van der Waals surface area contributed by atoms with Crippen molar-refractivity contribution in [3.05, 3.63) is 36.2 Å². The Balaban J connectivity index is 1.12. The van der Waals surface area contributed by atoms with Crippen molar-refractivity contribution < 1.29 is 23.0 Å². The zero-order valence-corrected chi connectivity index (χ0v) is 24.2. The van der Waals surface area contributed by atoms with Gasteiger partial charge < -0.3 is 30.3 Å². The van der Waals surface area contributed by atoms with E-state index in [4.69, 9.17) is 19.4 Å². The molecule has 1 aromatic carbocycles. The van der Waals surface area contributed by atoms with E-state index in [2.05, 4.69) is 30.7 Å². The molecule has 0 radical (unpaired) electrons. The van der Waals surface area contributed by atoms with E-state index in [1.54, 1.807) is 30.3 Å². The Hall–Kier alpha value is -3.62. The Bertz CT molecular complexity index is 1370. The summed E-state index contributed by atoms with van der Waals surface area (Å²) in [6.45, 7) is 7.11. The molecule has 1 aliphatic carbocycles. The van der Waals surface area contributed by atoms with Crippen LogP contribution in [0.15, 0.2) is 30.3 Å². The Morgan fingerprint density at radius 2 is 1.58 bits per heavy atom. The van der Waals surface area contributed by atoms with Crippen LogP contribution >= 0.6 is 0 Å². The minimum absolute atomic E-state index is 0.0866. The second kappa shape index (κ2) is 13.8. The monoisotopic (exact) mass is 599 g/mol. The third kappa shape index (κ3) is 7.31. The van der Waals surface area contributed by atoms with Gasteiger partial charge in [-0.2, -0.15) is 9.97 Å². The number of anilines is 2. The molecular formula is C29H39F2N9O3. The number of amides is 2. The fourth-order valence-corrected chi connectivity index (χ4v) is 5.94. The first-order chi connectivity index (χ1) is 21.0. The number of ether oxygens (including phenoxy) is 2. The van der Waals surface area contributed by atoms with Gasteiger partial charge in [0.25, 0.3) is 6.43 Å². The van der Waals surface area contributed by atoms with Crippen molar-refractivity contribution in [2.45, 2.75) is 44.2 Å². The number of para-hydroxylation sites is 2. The van der Waals surface area contributed by atoms with Crippen molar-refractivity contribution in [2.75, 3.05) is 75.9 Å². The topological polar surface area (TPSA) is 122 Å². The van der Waals surface area contributed by atoms with Gasteiger partial charge in [0.2, 0.25) is 5.95 Å². The number of hydrogen-bond acceptors (Lipinski definition) is 9. The van der Waals surface area contributed by atoms with Gasteiger partial charge in [-0.25, -0.2) is 18.6 Å². The Morgan fingerprint density at radius 1 is 0.907 bits per heavy atom. The van der Waals surface area contributed by atoms with E-state index in [1.165, 1.54) is 4.57 Å². The van der Waals surface area contributed by atoms with Crippen LogP contribution in [0.5, 0.6) is 0 Å². The average Bonchev–Trinajstić information content (AvgIpc) is 3.43. The van der Waals surface area contributed by atoms with Gasteiger partial charge in [0.05, 0.1) is 37.5 Å². The Morgan fingerprint density at radius 3 is 2.33 bits per heavy atom. The van der Waals surface area contributed by atoms with E-state index in [0.29, 0.717) is 61.5 Å². The molecule has 43 heavy (non-hydrogen) atoms. The third-order valence-electron chi connectivity index (χ3n) is 8.26. The van der Waals surface area contributed by atoms with E-state index >= 15 is 0 Å². The molecule has 3 N–H and O–H groups in total. The summed E-state index contributed by atoms with van der Waals surface area (Å²) < 4.78 is 40.6. The maximum Gasteiger partial charge on any atom is 0.315 e. The highest BCUT2D eigenvalue weighted by Gasteiger charge is 2.26. The van der Waals surface area contributed by atoms with Crippen molar-refractivity contribution in [1.82, 2.24) is 35.1 Å². The first-order valence-corrected chi connectivity index (χ1v) is 15.1. The quantitative estimate of drug-likeness (QED) is 0.341. The number of hydrogen-bond donors (Lipinski definition) is 3. The molecule has 3 fully saturated rings. The highest BCUT2D eigenvalue weighted by atomic mass is 19.3. The number of benzene rings is 1. The van der Waals surface area contributed by atoms with Crippen LogP contribution in [0.4, 0.5) is 25.3 Å². The molecule has 2 aliphatic heterocycles. The SMILES string of the molecule is O=C(NCCN1CCOCC1)N[C@H]1CC[C@H](Nc2nc(N3CCOCC3)cc(-n3c(C(F)F)nc4ccccc43)n2)CC1. The summed E-state index contributed by atoms with van der Waals surface area (Å²) in [6.07, 6.45) is 0.480. The lowest BCUT2D eigenvalue weighted by molar-refractivity contribution is 0.0387. The van der Waals surface area contributed by atoms with Crippen molar-refractivity contribution in [1.29, 1.82) is 0 Å². The molecule has 14 heteroatoms. The molecule has 0 spiro atoms. The summed E-state index contributed by atoms with van der Waals surface area (Å²) >= 11 is 0. The fourth-order valence-electron chi connectivity index (χ4n) is 5.94. The molecule has 232 valence electrons. The standard InChI is InChI=1S/C29H39F2N9O3/c30-26(31)27-35-22-3-1-2-4-23(22)40(27)25-19-24(39-13-17-43-18-14-39)36-28(37-25)33-20-5-7-21(8-6-20)34-29(41)32-9-10-38-11-15-42-16-12-38/h1-4,19-21,26H,5-18H2,(H2,32,34,41)(H,33,36,37)/t20-,21-. The number of nitrogens with zero attached hydrogens (tertiary/aromatic N) is 6. The van der Waals surface area contributed by atoms with Crippen LogP contribution in [-0.4, -0.2) is 108 Å². The molecule has 2 amide bonds. The molecule has 12 nitrogen and oxygen atoms in total. The molecule has 3 aromatic rings. The predicted octanol–water partition coefficient (Wildman–Crippen LogP) is 2.94. The number of aromatic nitrogens is 4. The van der Waals surface area contributed by atoms with Crippen molar-refractivity contribution >= 4 is 28.8 Å². The number of halogens is 2. The summed E-state index contributed by atoms with van der Waals surface area (Å²) in [6, 6.07) is 8.85. The molecule has 0 atom stereocenters. The van der Waals surface area contributed by atoms with Crippen LogP contribution in [0.3, 0.4) is 0 Å². The summed E-state index contributed by atoms with van der Waals surface area (Å²) in [7, 11) is 0. The number of carbonyl (C=O) groups is 1. The maximum atomic E-state index is 14.2. The van der Waals surface area contributed by atoms with Gasteiger partial charge in [-0.3, -0.25) is 9.47 Å². The third-order valence-corrected chi connectivity index (χ3v) is 8.26. The lowest BCUT2D eigenvalue weighted by Crippen LogP contribution is -2.47. The molecule has 2 aromatic heterocycles. The van der Waals surface area contributed by atoms with Gasteiger partial charge in [-0.1, -0.05) is 12.1 Å². The van der Waals surface area contributed by atoms with E-state index in [-0.39, 0.29) is 23.9 Å². The van der Waals surface area contributed by atoms with Gasteiger partial charge in [0.1, 0.15) is 11.6 Å². The Kier molecular flexibility index (Phi) is 9.44. The summed E-state index contributed by atoms with van der Waals surface area (Å²) in [4.78, 5) is 30.5. The predicted molar refractivity (Wildman–Crippen MR) is 158 cm³/mol. The lowest BCUT2D eigenvalue weighted by atomic mass is 9.91. The maximum absolute atomic E-state index is 14.2. The number of fused-ring (bicyclic) bond motifs is 1. The lowest BCUT2D eigenvalue weighted by Gasteiger charge is -2.31. The molecule has 2 saturated heterocycles. The molecular weight excluding hydrogens is 560 g/mol. The van der Waals surface area contributed by atoms with E-state index in [0.717, 1.165) is 58.5 Å². The number of alkyl halides is 2. The first kappa shape index (κ1) is 29.5. The van der Waals surface area contributed by atoms with Crippen LogP contribution in [0.1, 0.15) is 37.9 Å². The largest absolute Gasteiger partial charge is 0.379 e. The molecule has 3 aliphatic rings. The number of urea groups is 1. The Labute approximate surface area is 249 Å². The van der Waals surface area contributed by atoms with Crippen molar-refractivity contribution in [3.8, 4) is 5.82 Å². The highest BCUT2D eigenvalue weighted by molar-refractivity contribution is 5.78. The molecule has 6 rings (SSSR count). The van der Waals surface area contributed by atoms with Crippen LogP contribution in [-0.2, 0) is 9.47 Å². The number of nitrogens with one attached hydrogen (secondary N) is 3. The number of rotatable bonds is 9. The summed E-state index contributed by atoms with van der Waals surface area (Å²) in [5.41, 5.74) is 1.04. The summed E-state index contributed by atoms with van der Waals surface area (Å²) in [5.74, 6) is 1.02. The summed E-state index contributed by atoms with van der Waals surface area (Å²) in [5, 5.41) is 9.53. The molecule has 0 bridgehead atoms. The number of imidazole rings is 1. The average molecular weight is 600 g/mol. The van der Waals surface area contributed by atoms with Crippen molar-refractivity contribution in [3.63, 3.8) is 0 Å². The van der Waals surface area contributed by atoms with E-state index in [9.17, 15) is 13.6 Å². The molecule has 1 saturated carbocycles. The zero-order valence-electron chi connectivity index (χ0n) is 24.2. The number of morpholine rings is 2. The van der Waals surface area contributed by atoms with Gasteiger partial charge in [0, 0.05) is 57.4 Å². The second-order valence-electron chi connectivity index (χ2n) is 11.1. The van der Waals surface area contributed by atoms with Gasteiger partial charge in [-0.15, -0.1) is 0 Å². The first-order valence-electron chi connectivity index (χ1n) is 15.1. The number of carbonyl (C=O) groups excluding carboxylic acids is 1. The second-order valence-corrected chi connectivity index (χ2v) is 11.1. The smallest absolute Gasteiger partial charge is 0.315 e. The van der Waals surface area contributed by atoms with Gasteiger partial charge in [-0.05, 0) is 37.8 Å².